The molecule has 1 aliphatic carbocycles. The van der Waals surface area contributed by atoms with Crippen LogP contribution in [0.4, 0.5) is 13.2 Å². The molecule has 0 aliphatic heterocycles. The molecule has 0 saturated heterocycles. The number of halogens is 3. The molecular weight excluding hydrogens is 455 g/mol. The van der Waals surface area contributed by atoms with Crippen LogP contribution in [0.25, 0.3) is 15.8 Å². The van der Waals surface area contributed by atoms with Gasteiger partial charge >= 0.3 is 6.18 Å². The third kappa shape index (κ3) is 7.05. The van der Waals surface area contributed by atoms with E-state index in [1.807, 2.05) is 45.0 Å². The second-order valence-corrected chi connectivity index (χ2v) is 8.73. The van der Waals surface area contributed by atoms with Crippen LogP contribution in [0.5, 0.6) is 0 Å². The summed E-state index contributed by atoms with van der Waals surface area (Å²) in [4.78, 5) is 8.04. The summed E-state index contributed by atoms with van der Waals surface area (Å²) in [5, 5.41) is 25.8. The molecule has 0 unspecified atom stereocenters. The third-order valence-corrected chi connectivity index (χ3v) is 6.36. The molecular formula is C22H32F3N5O2S. The number of fused-ring (bicyclic) bond motifs is 1. The maximum atomic E-state index is 12.5. The van der Waals surface area contributed by atoms with Crippen molar-refractivity contribution in [3.05, 3.63) is 35.1 Å². The topological polar surface area (TPSA) is 116 Å². The maximum Gasteiger partial charge on any atom is 0.408 e. The van der Waals surface area contributed by atoms with Gasteiger partial charge in [-0.1, -0.05) is 32.9 Å². The Hall–Kier alpha value is -2.37. The van der Waals surface area contributed by atoms with Gasteiger partial charge in [0.25, 0.3) is 0 Å². The number of hydrogen-bond acceptors (Lipinski definition) is 6. The average molecular weight is 488 g/mol. The van der Waals surface area contributed by atoms with Gasteiger partial charge in [-0.3, -0.25) is 0 Å². The largest absolute Gasteiger partial charge is 0.408 e. The van der Waals surface area contributed by atoms with Crippen LogP contribution in [0.2, 0.25) is 0 Å². The third-order valence-electron chi connectivity index (χ3n) is 5.27. The Morgan fingerprint density at radius 2 is 1.88 bits per heavy atom. The lowest BCUT2D eigenvalue weighted by molar-refractivity contribution is -0.118. The molecule has 1 aliphatic rings. The van der Waals surface area contributed by atoms with Gasteiger partial charge in [-0.05, 0) is 31.4 Å². The number of rotatable bonds is 8. The number of aliphatic hydroxyl groups is 2. The second-order valence-electron chi connectivity index (χ2n) is 7.70. The Kier molecular flexibility index (Phi) is 9.50. The number of aromatic nitrogens is 1. The molecule has 1 saturated carbocycles. The standard InChI is InChI=1S/C20H26F3N5O2S.C2H6/c1-2-13(17-27-14-5-3-4-6-15(14)31-17)16(28-18(24)25-9-20(21,22)23)26-12-7-19(8-12,10-29)11-30;1-2/h3-6,12,26,29-30H,2,7-11H2,1H3,(H3,24,25,28);1-2H3/b16-13+;. The van der Waals surface area contributed by atoms with Crippen molar-refractivity contribution in [3.63, 3.8) is 0 Å². The lowest BCUT2D eigenvalue weighted by atomic mass is 9.66. The van der Waals surface area contributed by atoms with E-state index < -0.39 is 18.1 Å². The number of thiazole rings is 1. The van der Waals surface area contributed by atoms with E-state index in [0.717, 1.165) is 20.8 Å². The number of allylic oxidation sites excluding steroid dienone is 1. The normalized spacial score (nSPS) is 17.0. The Morgan fingerprint density at radius 1 is 1.24 bits per heavy atom. The Labute approximate surface area is 195 Å². The highest BCUT2D eigenvalue weighted by atomic mass is 32.1. The highest BCUT2D eigenvalue weighted by Gasteiger charge is 2.43. The molecule has 0 atom stereocenters. The molecule has 0 radical (unpaired) electrons. The van der Waals surface area contributed by atoms with Crippen LogP contribution in [-0.4, -0.2) is 53.1 Å². The van der Waals surface area contributed by atoms with E-state index in [9.17, 15) is 23.4 Å². The molecule has 0 bridgehead atoms. The van der Waals surface area contributed by atoms with E-state index in [0.29, 0.717) is 25.1 Å². The van der Waals surface area contributed by atoms with Crippen LogP contribution in [-0.2, 0) is 0 Å². The molecule has 11 heteroatoms. The number of aliphatic hydroxyl groups excluding tert-OH is 2. The van der Waals surface area contributed by atoms with E-state index in [2.05, 4.69) is 20.6 Å². The van der Waals surface area contributed by atoms with Crippen molar-refractivity contribution in [2.24, 2.45) is 16.1 Å². The molecule has 2 aromatic rings. The Morgan fingerprint density at radius 3 is 2.42 bits per heavy atom. The minimum atomic E-state index is -4.46. The van der Waals surface area contributed by atoms with Crippen LogP contribution in [0, 0.1) is 5.41 Å². The summed E-state index contributed by atoms with van der Waals surface area (Å²) in [6.07, 6.45) is -2.89. The van der Waals surface area contributed by atoms with Crippen LogP contribution in [0.3, 0.4) is 0 Å². The Balaban J connectivity index is 0.00000187. The van der Waals surface area contributed by atoms with Crippen molar-refractivity contribution in [1.29, 1.82) is 0 Å². The molecule has 0 spiro atoms. The quantitative estimate of drug-likeness (QED) is 0.287. The van der Waals surface area contributed by atoms with Gasteiger partial charge in [0.15, 0.2) is 5.96 Å². The van der Waals surface area contributed by atoms with Crippen molar-refractivity contribution in [2.45, 2.75) is 52.3 Å². The van der Waals surface area contributed by atoms with Gasteiger partial charge in [-0.2, -0.15) is 13.2 Å². The number of para-hydroxylation sites is 1. The smallest absolute Gasteiger partial charge is 0.396 e. The lowest BCUT2D eigenvalue weighted by Gasteiger charge is -2.46. The lowest BCUT2D eigenvalue weighted by Crippen LogP contribution is -2.54. The molecule has 184 valence electrons. The molecule has 1 heterocycles. The number of nitrogens with two attached hydrogens (primary N) is 1. The van der Waals surface area contributed by atoms with Crippen molar-refractivity contribution >= 4 is 33.1 Å². The highest BCUT2D eigenvalue weighted by Crippen LogP contribution is 2.41. The molecule has 1 aromatic heterocycles. The van der Waals surface area contributed by atoms with E-state index >= 15 is 0 Å². The van der Waals surface area contributed by atoms with Crippen molar-refractivity contribution in [2.75, 3.05) is 19.8 Å². The summed E-state index contributed by atoms with van der Waals surface area (Å²) in [6.45, 7) is 4.26. The predicted octanol–water partition coefficient (Wildman–Crippen LogP) is 3.59. The zero-order chi connectivity index (χ0) is 24.6. The van der Waals surface area contributed by atoms with Gasteiger partial charge in [0.05, 0.1) is 23.4 Å². The van der Waals surface area contributed by atoms with Crippen molar-refractivity contribution < 1.29 is 23.4 Å². The summed E-state index contributed by atoms with van der Waals surface area (Å²) >= 11 is 1.47. The first kappa shape index (κ1) is 26.9. The number of hydrogen-bond donors (Lipinski definition) is 5. The van der Waals surface area contributed by atoms with E-state index in [-0.39, 0.29) is 25.2 Å². The van der Waals surface area contributed by atoms with Gasteiger partial charge in [-0.15, -0.1) is 11.3 Å². The van der Waals surface area contributed by atoms with E-state index in [1.165, 1.54) is 11.3 Å². The summed E-state index contributed by atoms with van der Waals surface area (Å²) in [6, 6.07) is 7.56. The first-order chi connectivity index (χ1) is 15.7. The number of aliphatic imine (C=N–C) groups is 1. The fourth-order valence-electron chi connectivity index (χ4n) is 3.58. The second kappa shape index (κ2) is 11.7. The number of guanidine groups is 1. The van der Waals surface area contributed by atoms with E-state index in [1.54, 1.807) is 0 Å². The van der Waals surface area contributed by atoms with E-state index in [4.69, 9.17) is 5.73 Å². The predicted molar refractivity (Wildman–Crippen MR) is 127 cm³/mol. The first-order valence-corrected chi connectivity index (χ1v) is 11.7. The SMILES string of the molecule is CC.CC/C(=C(\NC(N)=NCC(F)(F)F)NC1CC(CO)(CO)C1)c1nc2ccccc2s1. The number of nitrogens with zero attached hydrogens (tertiary/aromatic N) is 2. The zero-order valence-electron chi connectivity index (χ0n) is 19.0. The fourth-order valence-corrected chi connectivity index (χ4v) is 4.66. The first-order valence-electron chi connectivity index (χ1n) is 10.9. The van der Waals surface area contributed by atoms with Crippen molar-refractivity contribution in [1.82, 2.24) is 15.6 Å². The minimum Gasteiger partial charge on any atom is -0.396 e. The summed E-state index contributed by atoms with van der Waals surface area (Å²) in [5.74, 6) is 0.0706. The van der Waals surface area contributed by atoms with Crippen LogP contribution >= 0.6 is 11.3 Å². The number of alkyl halides is 3. The molecule has 3 rings (SSSR count). The molecule has 6 N–H and O–H groups in total. The van der Waals surface area contributed by atoms with Gasteiger partial charge in [0, 0.05) is 17.0 Å². The summed E-state index contributed by atoms with van der Waals surface area (Å²) in [7, 11) is 0. The number of nitrogens with one attached hydrogen (secondary N) is 2. The molecule has 0 amide bonds. The zero-order valence-corrected chi connectivity index (χ0v) is 19.9. The van der Waals surface area contributed by atoms with Gasteiger partial charge in [0.2, 0.25) is 0 Å². The fraction of sp³-hybridized carbons (Fsp3) is 0.545. The maximum absolute atomic E-state index is 12.5. The van der Waals surface area contributed by atoms with Gasteiger partial charge in [0.1, 0.15) is 17.4 Å². The average Bonchev–Trinajstić information content (AvgIpc) is 3.19. The molecule has 7 nitrogen and oxygen atoms in total. The molecule has 33 heavy (non-hydrogen) atoms. The monoisotopic (exact) mass is 487 g/mol. The van der Waals surface area contributed by atoms with Crippen LogP contribution in [0.1, 0.15) is 45.0 Å². The van der Waals surface area contributed by atoms with Crippen LogP contribution in [0.15, 0.2) is 35.1 Å². The summed E-state index contributed by atoms with van der Waals surface area (Å²) < 4.78 is 38.6. The number of benzene rings is 1. The van der Waals surface area contributed by atoms with Gasteiger partial charge < -0.3 is 26.6 Å². The van der Waals surface area contributed by atoms with Crippen LogP contribution < -0.4 is 16.4 Å². The Bertz CT molecular complexity index is 929. The van der Waals surface area contributed by atoms with Crippen molar-refractivity contribution in [3.8, 4) is 0 Å². The molecule has 1 fully saturated rings. The summed E-state index contributed by atoms with van der Waals surface area (Å²) in [5.41, 5.74) is 6.77. The molecule has 1 aromatic carbocycles. The van der Waals surface area contributed by atoms with Gasteiger partial charge in [-0.25, -0.2) is 9.98 Å². The highest BCUT2D eigenvalue weighted by molar-refractivity contribution is 7.19. The minimum absolute atomic E-state index is 0.0897.